The second-order valence-corrected chi connectivity index (χ2v) is 12.5. The molecule has 2 amide bonds. The van der Waals surface area contributed by atoms with Crippen molar-refractivity contribution >= 4 is 84.4 Å². The molecular formula is C23H23N8O7S3+. The number of anilines is 2. The molecule has 3 aromatic heterocycles. The van der Waals surface area contributed by atoms with E-state index in [4.69, 9.17) is 16.3 Å². The van der Waals surface area contributed by atoms with Gasteiger partial charge in [-0.15, -0.1) is 23.1 Å². The molecule has 41 heavy (non-hydrogen) atoms. The molecule has 5 heterocycles. The highest BCUT2D eigenvalue weighted by atomic mass is 32.2. The van der Waals surface area contributed by atoms with Crippen molar-refractivity contribution in [2.24, 2.45) is 5.16 Å². The number of hydrogen-bond donors (Lipinski definition) is 5. The molecular weight excluding hydrogens is 597 g/mol. The molecule has 7 N–H and O–H groups in total. The van der Waals surface area contributed by atoms with Crippen LogP contribution in [0.3, 0.4) is 0 Å². The van der Waals surface area contributed by atoms with Crippen molar-refractivity contribution in [1.29, 1.82) is 0 Å². The average Bonchev–Trinajstić information content (AvgIpc) is 3.50. The highest BCUT2D eigenvalue weighted by Crippen LogP contribution is 2.40. The number of aliphatic carboxylic acids is 2. The summed E-state index contributed by atoms with van der Waals surface area (Å²) < 4.78 is 2.66. The van der Waals surface area contributed by atoms with Crippen molar-refractivity contribution < 1.29 is 38.8 Å². The zero-order valence-electron chi connectivity index (χ0n) is 21.4. The molecule has 2 aliphatic rings. The Morgan fingerprint density at radius 2 is 2.02 bits per heavy atom. The fourth-order valence-corrected chi connectivity index (χ4v) is 6.65. The summed E-state index contributed by atoms with van der Waals surface area (Å²) in [7, 11) is 0. The van der Waals surface area contributed by atoms with Crippen molar-refractivity contribution in [2.75, 3.05) is 17.2 Å². The van der Waals surface area contributed by atoms with Crippen LogP contribution in [0.4, 0.5) is 10.3 Å². The number of amides is 2. The highest BCUT2D eigenvalue weighted by Gasteiger charge is 2.55. The zero-order chi connectivity index (χ0) is 29.6. The third-order valence-electron chi connectivity index (χ3n) is 6.17. The van der Waals surface area contributed by atoms with Crippen LogP contribution in [0.2, 0.25) is 0 Å². The second kappa shape index (κ2) is 10.6. The summed E-state index contributed by atoms with van der Waals surface area (Å²) in [5, 5.41) is 26.9. The molecule has 1 unspecified atom stereocenters. The topological polar surface area (TPSA) is 227 Å². The van der Waals surface area contributed by atoms with E-state index in [0.29, 0.717) is 16.2 Å². The van der Waals surface area contributed by atoms with Gasteiger partial charge in [0.25, 0.3) is 11.8 Å². The van der Waals surface area contributed by atoms with Crippen molar-refractivity contribution in [3.05, 3.63) is 40.8 Å². The van der Waals surface area contributed by atoms with Gasteiger partial charge in [-0.05, 0) is 13.8 Å². The average molecular weight is 620 g/mol. The first-order valence-corrected chi connectivity index (χ1v) is 14.6. The van der Waals surface area contributed by atoms with E-state index in [1.165, 1.54) is 42.3 Å². The normalized spacial score (nSPS) is 19.1. The van der Waals surface area contributed by atoms with Gasteiger partial charge >= 0.3 is 11.9 Å². The Labute approximate surface area is 243 Å². The van der Waals surface area contributed by atoms with E-state index in [2.05, 4.69) is 20.4 Å². The Bertz CT molecular complexity index is 1660. The number of carboxylic acids is 2. The Morgan fingerprint density at radius 3 is 2.68 bits per heavy atom. The van der Waals surface area contributed by atoms with E-state index in [-0.39, 0.29) is 34.5 Å². The quantitative estimate of drug-likeness (QED) is 0.0938. The number of nitrogen functional groups attached to an aromatic ring is 2. The smallest absolute Gasteiger partial charge is 0.352 e. The predicted octanol–water partition coefficient (Wildman–Crippen LogP) is 0.227. The number of thioether (sulfide) groups is 1. The number of nitrogens with one attached hydrogen (secondary N) is 1. The first-order chi connectivity index (χ1) is 19.4. The molecule has 18 heteroatoms. The number of carbonyl (C=O) groups is 4. The highest BCUT2D eigenvalue weighted by molar-refractivity contribution is 8.00. The molecule has 1 saturated heterocycles. The predicted molar refractivity (Wildman–Crippen MR) is 150 cm³/mol. The van der Waals surface area contributed by atoms with Crippen molar-refractivity contribution in [3.8, 4) is 0 Å². The molecule has 3 aromatic rings. The van der Waals surface area contributed by atoms with Crippen LogP contribution >= 0.6 is 34.4 Å². The minimum atomic E-state index is -1.76. The number of fused-ring (bicyclic) bond motifs is 2. The van der Waals surface area contributed by atoms with Gasteiger partial charge < -0.3 is 31.8 Å². The van der Waals surface area contributed by atoms with E-state index in [1.807, 2.05) is 6.07 Å². The zero-order valence-corrected chi connectivity index (χ0v) is 23.9. The van der Waals surface area contributed by atoms with Crippen molar-refractivity contribution in [2.45, 2.75) is 37.4 Å². The van der Waals surface area contributed by atoms with E-state index < -0.39 is 40.8 Å². The van der Waals surface area contributed by atoms with Crippen molar-refractivity contribution in [3.63, 3.8) is 0 Å². The van der Waals surface area contributed by atoms with Crippen LogP contribution in [0.5, 0.6) is 0 Å². The summed E-state index contributed by atoms with van der Waals surface area (Å²) in [6, 6.07) is 0.763. The molecule has 1 fully saturated rings. The van der Waals surface area contributed by atoms with Gasteiger partial charge in [0.05, 0.1) is 4.70 Å². The number of nitrogens with zero attached hydrogens (tertiary/aromatic N) is 5. The lowest BCUT2D eigenvalue weighted by molar-refractivity contribution is -0.687. The molecule has 0 radical (unpaired) electrons. The van der Waals surface area contributed by atoms with Gasteiger partial charge in [0.15, 0.2) is 34.9 Å². The van der Waals surface area contributed by atoms with Crippen molar-refractivity contribution in [1.82, 2.24) is 20.2 Å². The Morgan fingerprint density at radius 1 is 1.27 bits per heavy atom. The number of carboxylic acid groups (broad SMARTS) is 2. The Balaban J connectivity index is 1.36. The molecule has 214 valence electrons. The summed E-state index contributed by atoms with van der Waals surface area (Å²) in [6.45, 7) is 2.69. The maximum atomic E-state index is 13.2. The number of rotatable bonds is 9. The van der Waals surface area contributed by atoms with E-state index in [0.717, 1.165) is 20.9 Å². The van der Waals surface area contributed by atoms with Crippen LogP contribution < -0.4 is 21.4 Å². The largest absolute Gasteiger partial charge is 0.478 e. The SMILES string of the molecule is CC(C)(ON=C(C(=O)NC1C(=O)N2C(C(=O)O)=C(C[n+]3ccc4sc(N)nc4c3)CS[C@@H]12)c1csc(N)n1)C(=O)O. The first kappa shape index (κ1) is 28.2. The van der Waals surface area contributed by atoms with Crippen LogP contribution in [0, 0.1) is 0 Å². The minimum Gasteiger partial charge on any atom is -0.478 e. The molecule has 15 nitrogen and oxygen atoms in total. The van der Waals surface area contributed by atoms with Crippen LogP contribution in [-0.2, 0) is 30.6 Å². The molecule has 0 aliphatic carbocycles. The fraction of sp³-hybridized carbons (Fsp3) is 0.304. The molecule has 2 atom stereocenters. The molecule has 5 rings (SSSR count). The molecule has 0 aromatic carbocycles. The number of oxime groups is 1. The third kappa shape index (κ3) is 5.40. The summed E-state index contributed by atoms with van der Waals surface area (Å²) in [4.78, 5) is 64.6. The minimum absolute atomic E-state index is 0.0235. The lowest BCUT2D eigenvalue weighted by atomic mass is 10.0. The Kier molecular flexibility index (Phi) is 7.30. The van der Waals surface area contributed by atoms with Gasteiger partial charge in [-0.2, -0.15) is 4.57 Å². The summed E-state index contributed by atoms with van der Waals surface area (Å²) in [5.41, 5.74) is 10.4. The number of nitrogens with two attached hydrogens (primary N) is 2. The van der Waals surface area contributed by atoms with E-state index in [9.17, 15) is 29.4 Å². The molecule has 0 spiro atoms. The number of aromatic nitrogens is 3. The summed E-state index contributed by atoms with van der Waals surface area (Å²) in [6.07, 6.45) is 3.54. The lowest BCUT2D eigenvalue weighted by Crippen LogP contribution is -2.71. The van der Waals surface area contributed by atoms with Gasteiger partial charge in [0.2, 0.25) is 5.60 Å². The summed E-state index contributed by atoms with van der Waals surface area (Å²) in [5.74, 6) is -3.80. The van der Waals surface area contributed by atoms with Crippen LogP contribution in [-0.4, -0.2) is 77.3 Å². The maximum absolute atomic E-state index is 13.2. The maximum Gasteiger partial charge on any atom is 0.352 e. The van der Waals surface area contributed by atoms with Crippen LogP contribution in [0.15, 0.2) is 40.3 Å². The molecule has 0 saturated carbocycles. The first-order valence-electron chi connectivity index (χ1n) is 11.8. The van der Waals surface area contributed by atoms with E-state index in [1.54, 1.807) is 17.0 Å². The van der Waals surface area contributed by atoms with E-state index >= 15 is 0 Å². The molecule has 0 bridgehead atoms. The molecule has 2 aliphatic heterocycles. The third-order valence-corrected chi connectivity index (χ3v) is 9.05. The summed E-state index contributed by atoms with van der Waals surface area (Å²) >= 11 is 3.66. The van der Waals surface area contributed by atoms with Gasteiger partial charge in [-0.3, -0.25) is 14.5 Å². The monoisotopic (exact) mass is 619 g/mol. The van der Waals surface area contributed by atoms with Crippen LogP contribution in [0.25, 0.3) is 10.2 Å². The van der Waals surface area contributed by atoms with Gasteiger partial charge in [-0.25, -0.2) is 19.6 Å². The van der Waals surface area contributed by atoms with Crippen LogP contribution in [0.1, 0.15) is 19.5 Å². The van der Waals surface area contributed by atoms with Gasteiger partial charge in [-0.1, -0.05) is 16.5 Å². The van der Waals surface area contributed by atoms with Gasteiger partial charge in [0, 0.05) is 22.8 Å². The number of carbonyl (C=O) groups excluding carboxylic acids is 2. The number of thiazole rings is 2. The standard InChI is InChI=1S/C23H22N8O7S3/c1-23(2,20(36)37)38-29-13(11-8-40-21(24)27-11)16(32)28-14-17(33)31-15(19(34)35)9(7-39-18(14)31)5-30-4-3-12-10(6-30)26-22(25)41-12/h3-4,6,8,14,18H,5,7H2,1-2H3,(H6-,24,25,26,27,28,32,34,35,36,37)/p+1/t14?,18-/m0/s1. The number of β-lactam (4-membered cyclic amide) rings is 1. The fourth-order valence-electron chi connectivity index (χ4n) is 4.07. The second-order valence-electron chi connectivity index (χ2n) is 9.45. The van der Waals surface area contributed by atoms with Gasteiger partial charge in [0.1, 0.15) is 28.3 Å². The Hall–Kier alpha value is -4.29. The number of hydrogen-bond acceptors (Lipinski definition) is 13. The number of pyridine rings is 1. The lowest BCUT2D eigenvalue weighted by Gasteiger charge is -2.49.